The zero-order valence-electron chi connectivity index (χ0n) is 11.3. The van der Waals surface area contributed by atoms with Gasteiger partial charge in [-0.15, -0.1) is 12.4 Å². The molecule has 0 aliphatic carbocycles. The molecule has 4 nitrogen and oxygen atoms in total. The van der Waals surface area contributed by atoms with E-state index in [1.807, 2.05) is 18.2 Å². The zero-order chi connectivity index (χ0) is 14.8. The van der Waals surface area contributed by atoms with Crippen LogP contribution >= 0.6 is 12.4 Å². The number of anilines is 2. The van der Waals surface area contributed by atoms with Gasteiger partial charge in [0.2, 0.25) is 10.0 Å². The van der Waals surface area contributed by atoms with Gasteiger partial charge in [0.15, 0.2) is 0 Å². The van der Waals surface area contributed by atoms with E-state index in [2.05, 4.69) is 4.72 Å². The highest BCUT2D eigenvalue weighted by Gasteiger charge is 2.09. The molecule has 3 N–H and O–H groups in total. The first-order valence-corrected chi connectivity index (χ1v) is 7.84. The summed E-state index contributed by atoms with van der Waals surface area (Å²) in [7, 11) is -3.49. The van der Waals surface area contributed by atoms with E-state index >= 15 is 0 Å². The fourth-order valence-corrected chi connectivity index (χ4v) is 2.43. The molecule has 0 amide bonds. The lowest BCUT2D eigenvalue weighted by Crippen LogP contribution is -2.11. The van der Waals surface area contributed by atoms with E-state index in [0.717, 1.165) is 17.4 Å². The Hall–Kier alpha value is -1.79. The van der Waals surface area contributed by atoms with Crippen LogP contribution in [-0.4, -0.2) is 14.7 Å². The van der Waals surface area contributed by atoms with Gasteiger partial charge in [-0.3, -0.25) is 4.72 Å². The summed E-state index contributed by atoms with van der Waals surface area (Å²) in [5.74, 6) is -0.609. The minimum Gasteiger partial charge on any atom is -0.398 e. The van der Waals surface area contributed by atoms with Crippen LogP contribution in [0.1, 0.15) is 11.1 Å². The monoisotopic (exact) mass is 330 g/mol. The molecule has 0 unspecified atom stereocenters. The maximum atomic E-state index is 13.8. The zero-order valence-corrected chi connectivity index (χ0v) is 13.0. The number of nitrogens with two attached hydrogens (primary N) is 1. The second kappa shape index (κ2) is 6.78. The summed E-state index contributed by atoms with van der Waals surface area (Å²) in [5.41, 5.74) is 8.04. The van der Waals surface area contributed by atoms with Crippen molar-refractivity contribution in [3.8, 4) is 0 Å². The van der Waals surface area contributed by atoms with Gasteiger partial charge >= 0.3 is 0 Å². The highest BCUT2D eigenvalue weighted by atomic mass is 35.5. The minimum absolute atomic E-state index is 0. The maximum absolute atomic E-state index is 13.8. The van der Waals surface area contributed by atoms with Gasteiger partial charge in [-0.25, -0.2) is 12.8 Å². The number of para-hydroxylation sites is 1. The molecule has 0 aromatic heterocycles. The van der Waals surface area contributed by atoms with Crippen molar-refractivity contribution in [3.63, 3.8) is 0 Å². The summed E-state index contributed by atoms with van der Waals surface area (Å²) in [6.07, 6.45) is 1.47. The Kier molecular flexibility index (Phi) is 5.57. The van der Waals surface area contributed by atoms with Gasteiger partial charge in [-0.05, 0) is 35.7 Å². The molecule has 0 radical (unpaired) electrons. The number of sulfonamides is 1. The van der Waals surface area contributed by atoms with E-state index in [0.29, 0.717) is 12.1 Å². The fourth-order valence-electron chi connectivity index (χ4n) is 1.87. The first kappa shape index (κ1) is 17.3. The molecule has 0 bridgehead atoms. The van der Waals surface area contributed by atoms with Crippen LogP contribution in [0.4, 0.5) is 15.8 Å². The van der Waals surface area contributed by atoms with Crippen molar-refractivity contribution in [2.24, 2.45) is 0 Å². The van der Waals surface area contributed by atoms with Crippen molar-refractivity contribution >= 4 is 33.8 Å². The number of hydrogen-bond acceptors (Lipinski definition) is 3. The van der Waals surface area contributed by atoms with E-state index < -0.39 is 15.8 Å². The predicted molar refractivity (Wildman–Crippen MR) is 85.8 cm³/mol. The van der Waals surface area contributed by atoms with Crippen LogP contribution in [0.5, 0.6) is 0 Å². The van der Waals surface area contributed by atoms with Gasteiger partial charge in [0.1, 0.15) is 5.82 Å². The average molecular weight is 331 g/mol. The molecule has 7 heteroatoms. The molecule has 2 aromatic carbocycles. The van der Waals surface area contributed by atoms with Gasteiger partial charge in [0.25, 0.3) is 0 Å². The SMILES string of the molecule is CS(=O)(=O)Nc1ccc(Cc2ccccc2N)cc1F.Cl. The first-order chi connectivity index (χ1) is 9.35. The normalized spacial score (nSPS) is 10.8. The largest absolute Gasteiger partial charge is 0.398 e. The molecule has 0 atom stereocenters. The number of benzene rings is 2. The van der Waals surface area contributed by atoms with Crippen LogP contribution in [-0.2, 0) is 16.4 Å². The van der Waals surface area contributed by atoms with Crippen molar-refractivity contribution in [2.45, 2.75) is 6.42 Å². The Balaban J connectivity index is 0.00000220. The lowest BCUT2D eigenvalue weighted by Gasteiger charge is -2.09. The molecule has 2 rings (SSSR count). The molecule has 114 valence electrons. The number of nitrogens with one attached hydrogen (secondary N) is 1. The molecule has 0 spiro atoms. The van der Waals surface area contributed by atoms with Crippen LogP contribution < -0.4 is 10.5 Å². The van der Waals surface area contributed by atoms with Gasteiger partial charge in [0.05, 0.1) is 11.9 Å². The van der Waals surface area contributed by atoms with Crippen molar-refractivity contribution < 1.29 is 12.8 Å². The van der Waals surface area contributed by atoms with Crippen molar-refractivity contribution in [2.75, 3.05) is 16.7 Å². The van der Waals surface area contributed by atoms with Gasteiger partial charge in [-0.2, -0.15) is 0 Å². The number of hydrogen-bond donors (Lipinski definition) is 2. The van der Waals surface area contributed by atoms with Crippen LogP contribution in [0.15, 0.2) is 42.5 Å². The summed E-state index contributed by atoms with van der Waals surface area (Å²) in [6, 6.07) is 11.7. The summed E-state index contributed by atoms with van der Waals surface area (Å²) < 4.78 is 38.1. The molecular weight excluding hydrogens is 315 g/mol. The van der Waals surface area contributed by atoms with E-state index in [9.17, 15) is 12.8 Å². The van der Waals surface area contributed by atoms with Crippen molar-refractivity contribution in [1.29, 1.82) is 0 Å². The number of nitrogen functional groups attached to an aromatic ring is 1. The smallest absolute Gasteiger partial charge is 0.229 e. The third kappa shape index (κ3) is 4.91. The third-order valence-electron chi connectivity index (χ3n) is 2.78. The van der Waals surface area contributed by atoms with Gasteiger partial charge in [0, 0.05) is 5.69 Å². The highest BCUT2D eigenvalue weighted by molar-refractivity contribution is 7.92. The topological polar surface area (TPSA) is 72.2 Å². The molecule has 0 fully saturated rings. The van der Waals surface area contributed by atoms with Gasteiger partial charge in [-0.1, -0.05) is 24.3 Å². The Bertz CT molecular complexity index is 736. The average Bonchev–Trinajstić information content (AvgIpc) is 2.34. The number of halogens is 2. The highest BCUT2D eigenvalue weighted by Crippen LogP contribution is 2.21. The molecule has 0 saturated heterocycles. The molecule has 0 aliphatic heterocycles. The summed E-state index contributed by atoms with van der Waals surface area (Å²) in [5, 5.41) is 0. The van der Waals surface area contributed by atoms with Crippen LogP contribution in [0.3, 0.4) is 0 Å². The van der Waals surface area contributed by atoms with E-state index in [1.165, 1.54) is 12.1 Å². The van der Waals surface area contributed by atoms with E-state index in [4.69, 9.17) is 5.73 Å². The number of rotatable bonds is 4. The van der Waals surface area contributed by atoms with Crippen molar-refractivity contribution in [1.82, 2.24) is 0 Å². The first-order valence-electron chi connectivity index (χ1n) is 5.95. The maximum Gasteiger partial charge on any atom is 0.229 e. The second-order valence-corrected chi connectivity index (χ2v) is 6.31. The third-order valence-corrected chi connectivity index (χ3v) is 3.37. The summed E-state index contributed by atoms with van der Waals surface area (Å²) >= 11 is 0. The molecule has 0 heterocycles. The van der Waals surface area contributed by atoms with E-state index in [1.54, 1.807) is 12.1 Å². The lowest BCUT2D eigenvalue weighted by atomic mass is 10.0. The van der Waals surface area contributed by atoms with Crippen LogP contribution in [0.2, 0.25) is 0 Å². The van der Waals surface area contributed by atoms with Gasteiger partial charge < -0.3 is 5.73 Å². The van der Waals surface area contributed by atoms with Crippen LogP contribution in [0.25, 0.3) is 0 Å². The quantitative estimate of drug-likeness (QED) is 0.847. The molecule has 21 heavy (non-hydrogen) atoms. The van der Waals surface area contributed by atoms with Crippen LogP contribution in [0, 0.1) is 5.82 Å². The second-order valence-electron chi connectivity index (χ2n) is 4.56. The molecular formula is C14H16ClFN2O2S. The Labute approximate surface area is 129 Å². The minimum atomic E-state index is -3.49. The Morgan fingerprint density at radius 3 is 2.43 bits per heavy atom. The fraction of sp³-hybridized carbons (Fsp3) is 0.143. The molecule has 0 aliphatic rings. The van der Waals surface area contributed by atoms with E-state index in [-0.39, 0.29) is 18.1 Å². The Morgan fingerprint density at radius 1 is 1.19 bits per heavy atom. The Morgan fingerprint density at radius 2 is 1.86 bits per heavy atom. The van der Waals surface area contributed by atoms with Crippen molar-refractivity contribution in [3.05, 3.63) is 59.4 Å². The summed E-state index contributed by atoms with van der Waals surface area (Å²) in [6.45, 7) is 0. The lowest BCUT2D eigenvalue weighted by molar-refractivity contribution is 0.603. The molecule has 0 saturated carbocycles. The standard InChI is InChI=1S/C14H15FN2O2S.ClH/c1-20(18,19)17-14-7-6-10(9-12(14)15)8-11-4-2-3-5-13(11)16;/h2-7,9,17H,8,16H2,1H3;1H. The summed E-state index contributed by atoms with van der Waals surface area (Å²) in [4.78, 5) is 0. The molecule has 2 aromatic rings. The predicted octanol–water partition coefficient (Wildman–Crippen LogP) is 2.79.